The predicted octanol–water partition coefficient (Wildman–Crippen LogP) is 3.28. The molecule has 3 amide bonds. The highest BCUT2D eigenvalue weighted by molar-refractivity contribution is 8.00. The molecule has 9 heteroatoms. The number of carboxylic acid groups (broad SMARTS) is 1. The quantitative estimate of drug-likeness (QED) is 0.181. The van der Waals surface area contributed by atoms with Gasteiger partial charge in [0, 0.05) is 36.0 Å². The molecular weight excluding hydrogens is 454 g/mol. The molecule has 2 saturated heterocycles. The van der Waals surface area contributed by atoms with Crippen LogP contribution in [0.4, 0.5) is 4.79 Å². The van der Waals surface area contributed by atoms with Crippen molar-refractivity contribution in [1.29, 1.82) is 0 Å². The summed E-state index contributed by atoms with van der Waals surface area (Å²) < 4.78 is 0. The summed E-state index contributed by atoms with van der Waals surface area (Å²) in [5.41, 5.74) is 1.59. The molecule has 0 spiro atoms. The molecule has 2 unspecified atom stereocenters. The Morgan fingerprint density at radius 1 is 1.12 bits per heavy atom. The van der Waals surface area contributed by atoms with Crippen LogP contribution in [0.2, 0.25) is 0 Å². The van der Waals surface area contributed by atoms with Crippen molar-refractivity contribution < 1.29 is 24.3 Å². The maximum absolute atomic E-state index is 12.4. The molecule has 2 heterocycles. The van der Waals surface area contributed by atoms with E-state index in [2.05, 4.69) is 16.0 Å². The zero-order chi connectivity index (χ0) is 24.5. The van der Waals surface area contributed by atoms with E-state index in [1.54, 1.807) is 12.1 Å². The molecule has 2 fully saturated rings. The number of aliphatic carboxylic acids is 1. The molecule has 0 aromatic heterocycles. The van der Waals surface area contributed by atoms with Crippen molar-refractivity contribution in [2.45, 2.75) is 75.6 Å². The number of ketones is 1. The third-order valence-corrected chi connectivity index (χ3v) is 8.05. The molecule has 2 aliphatic rings. The summed E-state index contributed by atoms with van der Waals surface area (Å²) in [6, 6.07) is 7.52. The number of carbonyl (C=O) groups is 4. The first-order valence-electron chi connectivity index (χ1n) is 12.1. The maximum Gasteiger partial charge on any atom is 0.315 e. The third-order valence-electron chi connectivity index (χ3n) is 6.54. The van der Waals surface area contributed by atoms with E-state index in [0.717, 1.165) is 30.6 Å². The second-order valence-electron chi connectivity index (χ2n) is 9.24. The van der Waals surface area contributed by atoms with Crippen LogP contribution < -0.4 is 16.0 Å². The molecule has 0 bridgehead atoms. The van der Waals surface area contributed by atoms with Crippen LogP contribution in [0.25, 0.3) is 0 Å². The first-order valence-corrected chi connectivity index (χ1v) is 13.2. The van der Waals surface area contributed by atoms with Crippen molar-refractivity contribution in [2.24, 2.45) is 5.92 Å². The minimum Gasteiger partial charge on any atom is -0.481 e. The molecule has 0 aliphatic carbocycles. The Bertz CT molecular complexity index is 876. The lowest BCUT2D eigenvalue weighted by molar-refractivity contribution is -0.142. The molecule has 3 rings (SSSR count). The number of hydrogen-bond donors (Lipinski definition) is 4. The first-order chi connectivity index (χ1) is 16.3. The van der Waals surface area contributed by atoms with Gasteiger partial charge in [0.25, 0.3) is 0 Å². The summed E-state index contributed by atoms with van der Waals surface area (Å²) in [7, 11) is 0. The van der Waals surface area contributed by atoms with Gasteiger partial charge in [0.1, 0.15) is 0 Å². The minimum atomic E-state index is -0.954. The van der Waals surface area contributed by atoms with Crippen LogP contribution in [0.15, 0.2) is 24.3 Å². The van der Waals surface area contributed by atoms with Gasteiger partial charge in [0.2, 0.25) is 5.91 Å². The van der Waals surface area contributed by atoms with E-state index < -0.39 is 11.9 Å². The Morgan fingerprint density at radius 3 is 2.62 bits per heavy atom. The zero-order valence-corrected chi connectivity index (χ0v) is 20.5. The highest BCUT2D eigenvalue weighted by Gasteiger charge is 2.42. The number of hydrogen-bond acceptors (Lipinski definition) is 5. The van der Waals surface area contributed by atoms with Crippen LogP contribution in [-0.2, 0) is 9.59 Å². The van der Waals surface area contributed by atoms with E-state index in [4.69, 9.17) is 0 Å². The number of aryl methyl sites for hydroxylation is 1. The van der Waals surface area contributed by atoms with Crippen molar-refractivity contribution in [3.05, 3.63) is 35.4 Å². The molecule has 34 heavy (non-hydrogen) atoms. The lowest BCUT2D eigenvalue weighted by Gasteiger charge is -2.16. The summed E-state index contributed by atoms with van der Waals surface area (Å²) in [5.74, 6) is -0.866. The second-order valence-corrected chi connectivity index (χ2v) is 10.5. The molecule has 4 atom stereocenters. The first kappa shape index (κ1) is 26.1. The van der Waals surface area contributed by atoms with Gasteiger partial charge in [0.05, 0.1) is 18.0 Å². The highest BCUT2D eigenvalue weighted by atomic mass is 32.2. The van der Waals surface area contributed by atoms with Gasteiger partial charge in [-0.15, -0.1) is 0 Å². The van der Waals surface area contributed by atoms with Gasteiger partial charge >= 0.3 is 12.0 Å². The normalized spacial score (nSPS) is 21.9. The van der Waals surface area contributed by atoms with Crippen LogP contribution in [-0.4, -0.2) is 58.4 Å². The van der Waals surface area contributed by atoms with Crippen molar-refractivity contribution in [2.75, 3.05) is 12.3 Å². The summed E-state index contributed by atoms with van der Waals surface area (Å²) in [6.07, 6.45) is 4.93. The number of unbranched alkanes of at least 4 members (excludes halogenated alkanes) is 2. The Balaban J connectivity index is 1.24. The molecule has 2 aliphatic heterocycles. The molecule has 1 aromatic rings. The highest BCUT2D eigenvalue weighted by Crippen LogP contribution is 2.33. The summed E-state index contributed by atoms with van der Waals surface area (Å²) >= 11 is 1.88. The molecule has 4 N–H and O–H groups in total. The van der Waals surface area contributed by atoms with Crippen LogP contribution in [0.1, 0.15) is 67.3 Å². The van der Waals surface area contributed by atoms with Gasteiger partial charge in [-0.1, -0.05) is 42.7 Å². The largest absolute Gasteiger partial charge is 0.481 e. The number of benzene rings is 1. The van der Waals surface area contributed by atoms with E-state index in [-0.39, 0.29) is 36.2 Å². The number of urea groups is 1. The Kier molecular flexibility index (Phi) is 9.80. The van der Waals surface area contributed by atoms with E-state index in [0.29, 0.717) is 43.0 Å². The topological polar surface area (TPSA) is 125 Å². The summed E-state index contributed by atoms with van der Waals surface area (Å²) in [5, 5.41) is 18.7. The molecule has 8 nitrogen and oxygen atoms in total. The van der Waals surface area contributed by atoms with Crippen LogP contribution in [0.3, 0.4) is 0 Å². The number of amides is 3. The van der Waals surface area contributed by atoms with Gasteiger partial charge in [-0.3, -0.25) is 14.4 Å². The van der Waals surface area contributed by atoms with Crippen LogP contribution >= 0.6 is 11.8 Å². The average Bonchev–Trinajstić information content (AvgIpc) is 3.35. The van der Waals surface area contributed by atoms with E-state index >= 15 is 0 Å². The van der Waals surface area contributed by atoms with Crippen molar-refractivity contribution in [3.8, 4) is 0 Å². The molecule has 0 saturated carbocycles. The standard InChI is InChI=1S/C25H35N3O5S/c1-16-9-11-17(12-10-16)20(29)14-18(24(31)32)6-4-5-13-26-22(30)8-3-2-7-21-23-19(15-34-21)27-25(33)28-23/h9-12,18-19,21,23H,2-8,13-15H2,1H3,(H,26,30)(H,31,32)(H2,27,28,33)/t18?,19-,21?,23-/m0/s1. The Morgan fingerprint density at radius 2 is 1.88 bits per heavy atom. The molecule has 1 aromatic carbocycles. The van der Waals surface area contributed by atoms with Crippen LogP contribution in [0.5, 0.6) is 0 Å². The lowest BCUT2D eigenvalue weighted by Crippen LogP contribution is -2.36. The smallest absolute Gasteiger partial charge is 0.315 e. The molecular formula is C25H35N3O5S. The van der Waals surface area contributed by atoms with E-state index in [1.165, 1.54) is 0 Å². The Hall–Kier alpha value is -2.55. The van der Waals surface area contributed by atoms with Crippen molar-refractivity contribution in [1.82, 2.24) is 16.0 Å². The third kappa shape index (κ3) is 7.75. The molecule has 0 radical (unpaired) electrons. The number of nitrogens with one attached hydrogen (secondary N) is 3. The fourth-order valence-electron chi connectivity index (χ4n) is 4.50. The number of Topliss-reactive ketones (excluding diaryl/α,β-unsaturated/α-hetero) is 1. The van der Waals surface area contributed by atoms with E-state index in [9.17, 15) is 24.3 Å². The average molecular weight is 490 g/mol. The fraction of sp³-hybridized carbons (Fsp3) is 0.600. The fourth-order valence-corrected chi connectivity index (χ4v) is 6.04. The second kappa shape index (κ2) is 12.8. The number of rotatable bonds is 14. The van der Waals surface area contributed by atoms with Crippen molar-refractivity contribution >= 4 is 35.5 Å². The zero-order valence-electron chi connectivity index (χ0n) is 19.7. The van der Waals surface area contributed by atoms with Gasteiger partial charge in [0.15, 0.2) is 5.78 Å². The number of carboxylic acids is 1. The van der Waals surface area contributed by atoms with E-state index in [1.807, 2.05) is 30.8 Å². The maximum atomic E-state index is 12.4. The SMILES string of the molecule is Cc1ccc(C(=O)CC(CCCCNC(=O)CCCCC2SC[C@@H]3NC(=O)N[C@H]23)C(=O)O)cc1. The minimum absolute atomic E-state index is 0.00855. The number of carbonyl (C=O) groups excluding carboxylic acids is 3. The number of thioether (sulfide) groups is 1. The summed E-state index contributed by atoms with van der Waals surface area (Å²) in [6.45, 7) is 2.45. The molecule has 186 valence electrons. The van der Waals surface area contributed by atoms with Crippen LogP contribution in [0, 0.1) is 12.8 Å². The predicted molar refractivity (Wildman–Crippen MR) is 132 cm³/mol. The lowest BCUT2D eigenvalue weighted by atomic mass is 9.93. The van der Waals surface area contributed by atoms with Gasteiger partial charge < -0.3 is 21.1 Å². The number of fused-ring (bicyclic) bond motifs is 1. The monoisotopic (exact) mass is 489 g/mol. The van der Waals surface area contributed by atoms with Crippen molar-refractivity contribution in [3.63, 3.8) is 0 Å². The van der Waals surface area contributed by atoms with Gasteiger partial charge in [-0.2, -0.15) is 11.8 Å². The van der Waals surface area contributed by atoms with Gasteiger partial charge in [-0.05, 0) is 32.6 Å². The van der Waals surface area contributed by atoms with Gasteiger partial charge in [-0.25, -0.2) is 4.79 Å². The Labute approximate surface area is 205 Å². The summed E-state index contributed by atoms with van der Waals surface area (Å²) in [4.78, 5) is 47.4.